The van der Waals surface area contributed by atoms with Crippen molar-refractivity contribution in [2.45, 2.75) is 45.3 Å². The maximum absolute atomic E-state index is 4.90. The first-order chi connectivity index (χ1) is 13.0. The number of fused-ring (bicyclic) bond motifs is 1. The van der Waals surface area contributed by atoms with Crippen LogP contribution in [0.5, 0.6) is 0 Å². The van der Waals surface area contributed by atoms with Gasteiger partial charge in [-0.05, 0) is 47.7 Å². The maximum Gasteiger partial charge on any atom is 0.164 e. The van der Waals surface area contributed by atoms with Crippen molar-refractivity contribution in [3.63, 3.8) is 0 Å². The van der Waals surface area contributed by atoms with E-state index < -0.39 is 8.24 Å². The second-order valence-corrected chi connectivity index (χ2v) is 15.2. The molecule has 1 aromatic heterocycles. The molecule has 28 heavy (non-hydrogen) atoms. The van der Waals surface area contributed by atoms with Crippen LogP contribution in [0, 0.1) is 11.8 Å². The lowest BCUT2D eigenvalue weighted by molar-refractivity contribution is 0.690. The summed E-state index contributed by atoms with van der Waals surface area (Å²) < 4.78 is 3.72. The largest absolute Gasteiger partial charge is 0.378 e. The molecule has 3 nitrogen and oxygen atoms in total. The lowest BCUT2D eigenvalue weighted by atomic mass is 10.2. The van der Waals surface area contributed by atoms with Gasteiger partial charge in [0.2, 0.25) is 0 Å². The van der Waals surface area contributed by atoms with E-state index in [0.29, 0.717) is 0 Å². The monoisotopic (exact) mass is 455 g/mol. The Morgan fingerprint density at radius 1 is 1.11 bits per heavy atom. The summed E-state index contributed by atoms with van der Waals surface area (Å²) in [5.41, 5.74) is 4.40. The summed E-state index contributed by atoms with van der Waals surface area (Å²) in [5, 5.41) is 1.41. The van der Waals surface area contributed by atoms with Crippen LogP contribution in [0.25, 0.3) is 4.48 Å². The van der Waals surface area contributed by atoms with Gasteiger partial charge in [0.15, 0.2) is 8.24 Å². The number of anilines is 1. The Morgan fingerprint density at radius 3 is 2.32 bits per heavy atom. The summed E-state index contributed by atoms with van der Waals surface area (Å²) in [6.07, 6.45) is 0.966. The van der Waals surface area contributed by atoms with Crippen molar-refractivity contribution in [1.82, 2.24) is 4.23 Å². The Hall–Kier alpha value is -1.77. The highest BCUT2D eigenvalue weighted by molar-refractivity contribution is 9.14. The van der Waals surface area contributed by atoms with Crippen molar-refractivity contribution < 1.29 is 0 Å². The van der Waals surface area contributed by atoms with Gasteiger partial charge in [0.05, 0.1) is 5.69 Å². The van der Waals surface area contributed by atoms with Crippen LogP contribution in [-0.4, -0.2) is 33.1 Å². The first kappa shape index (κ1) is 20.9. The van der Waals surface area contributed by atoms with Crippen molar-refractivity contribution in [2.75, 3.05) is 25.5 Å². The van der Waals surface area contributed by atoms with Gasteiger partial charge >= 0.3 is 0 Å². The van der Waals surface area contributed by atoms with Gasteiger partial charge in [0.1, 0.15) is 5.49 Å². The predicted molar refractivity (Wildman–Crippen MR) is 126 cm³/mol. The van der Waals surface area contributed by atoms with Crippen LogP contribution in [0.15, 0.2) is 35.3 Å². The molecule has 0 unspecified atom stereocenters. The summed E-state index contributed by atoms with van der Waals surface area (Å²) in [7, 11) is 2.24. The van der Waals surface area contributed by atoms with E-state index in [9.17, 15) is 0 Å². The van der Waals surface area contributed by atoms with Gasteiger partial charge in [0, 0.05) is 41.6 Å². The number of hydrogen-bond donors (Lipinski definition) is 0. The van der Waals surface area contributed by atoms with Crippen LogP contribution in [0.2, 0.25) is 18.1 Å². The molecule has 5 heteroatoms. The third kappa shape index (κ3) is 3.86. The molecule has 2 aromatic rings. The smallest absolute Gasteiger partial charge is 0.164 e. The fourth-order valence-electron chi connectivity index (χ4n) is 3.22. The molecule has 1 aromatic carbocycles. The minimum atomic E-state index is -1.86. The van der Waals surface area contributed by atoms with E-state index in [2.05, 4.69) is 115 Å². The molecule has 0 fully saturated rings. The third-order valence-electron chi connectivity index (χ3n) is 5.97. The molecule has 0 bridgehead atoms. The highest BCUT2D eigenvalue weighted by Gasteiger charge is 2.39. The van der Waals surface area contributed by atoms with Gasteiger partial charge in [0.25, 0.3) is 0 Å². The Labute approximate surface area is 178 Å². The second kappa shape index (κ2) is 7.57. The summed E-state index contributed by atoms with van der Waals surface area (Å²) in [4.78, 5) is 7.00. The zero-order chi connectivity index (χ0) is 20.7. The Morgan fingerprint density at radius 2 is 1.75 bits per heavy atom. The zero-order valence-electron chi connectivity index (χ0n) is 18.0. The quantitative estimate of drug-likeness (QED) is 0.487. The van der Waals surface area contributed by atoms with Crippen molar-refractivity contribution >= 4 is 34.3 Å². The van der Waals surface area contributed by atoms with Crippen LogP contribution in [0.3, 0.4) is 0 Å². The lowest BCUT2D eigenvalue weighted by Crippen LogP contribution is -2.53. The number of hydrogen-bond acceptors (Lipinski definition) is 2. The van der Waals surface area contributed by atoms with Gasteiger partial charge in [-0.3, -0.25) is 4.99 Å². The number of rotatable bonds is 2. The zero-order valence-corrected chi connectivity index (χ0v) is 20.6. The first-order valence-corrected chi connectivity index (χ1v) is 13.5. The van der Waals surface area contributed by atoms with Crippen LogP contribution in [-0.2, 0) is 0 Å². The molecule has 0 aliphatic carbocycles. The number of halogens is 1. The molecule has 0 saturated carbocycles. The fraction of sp³-hybridized carbons (Fsp3) is 0.435. The minimum Gasteiger partial charge on any atom is -0.378 e. The van der Waals surface area contributed by atoms with E-state index in [-0.39, 0.29) is 5.04 Å². The first-order valence-electron chi connectivity index (χ1n) is 9.77. The normalized spacial score (nSPS) is 14.1. The van der Waals surface area contributed by atoms with E-state index in [0.717, 1.165) is 29.7 Å². The molecule has 0 N–H and O–H groups in total. The predicted octanol–water partition coefficient (Wildman–Crippen LogP) is 4.33. The van der Waals surface area contributed by atoms with Gasteiger partial charge in [-0.2, -0.15) is 0 Å². The molecule has 2 heterocycles. The summed E-state index contributed by atoms with van der Waals surface area (Å²) in [6, 6.07) is 10.6. The summed E-state index contributed by atoms with van der Waals surface area (Å²) in [5.74, 6) is 6.86. The molecular formula is C23H30BrN3Si. The van der Waals surface area contributed by atoms with Crippen molar-refractivity contribution in [2.24, 2.45) is 4.99 Å². The topological polar surface area (TPSA) is 20.5 Å². The van der Waals surface area contributed by atoms with E-state index in [1.165, 1.54) is 15.4 Å². The van der Waals surface area contributed by atoms with Crippen LogP contribution in [0.1, 0.15) is 38.4 Å². The SMILES string of the molecule is CN(C)c1ccc(C#Cc2cc3c(n2[Si](C)(C)C(C)(C)C)=NCCC=3Br)cc1. The second-order valence-electron chi connectivity index (χ2n) is 9.14. The average molecular weight is 457 g/mol. The highest BCUT2D eigenvalue weighted by Crippen LogP contribution is 2.36. The van der Waals surface area contributed by atoms with E-state index in [1.807, 2.05) is 0 Å². The molecule has 0 atom stereocenters. The Kier molecular flexibility index (Phi) is 5.66. The number of aromatic nitrogens is 1. The van der Waals surface area contributed by atoms with E-state index >= 15 is 0 Å². The minimum absolute atomic E-state index is 0.197. The van der Waals surface area contributed by atoms with Gasteiger partial charge in [-0.15, -0.1) is 0 Å². The number of benzene rings is 1. The van der Waals surface area contributed by atoms with Crippen molar-refractivity contribution in [3.05, 3.63) is 52.3 Å². The van der Waals surface area contributed by atoms with Crippen molar-refractivity contribution in [3.8, 4) is 11.8 Å². The highest BCUT2D eigenvalue weighted by atomic mass is 79.9. The van der Waals surface area contributed by atoms with E-state index in [4.69, 9.17) is 4.99 Å². The molecule has 148 valence electrons. The fourth-order valence-corrected chi connectivity index (χ4v) is 5.81. The Bertz CT molecular complexity index is 1060. The Balaban J connectivity index is 2.17. The van der Waals surface area contributed by atoms with Gasteiger partial charge < -0.3 is 9.13 Å². The van der Waals surface area contributed by atoms with Crippen LogP contribution in [0.4, 0.5) is 5.69 Å². The van der Waals surface area contributed by atoms with Crippen LogP contribution < -0.4 is 15.6 Å². The standard InChI is InChI=1S/C23H30BrN3Si/c1-23(2,3)28(6,7)27-19(16-20-21(24)14-15-25-22(20)27)13-10-17-8-11-18(12-9-17)26(4)5/h8-9,11-12,16H,14-15H2,1-7H3. The third-order valence-corrected chi connectivity index (χ3v) is 12.0. The van der Waals surface area contributed by atoms with Gasteiger partial charge in [-0.25, -0.2) is 0 Å². The molecular weight excluding hydrogens is 426 g/mol. The molecule has 1 aliphatic rings. The summed E-state index contributed by atoms with van der Waals surface area (Å²) in [6.45, 7) is 12.7. The molecule has 0 saturated heterocycles. The molecule has 3 rings (SSSR count). The summed E-state index contributed by atoms with van der Waals surface area (Å²) >= 11 is 3.78. The van der Waals surface area contributed by atoms with Crippen molar-refractivity contribution in [1.29, 1.82) is 0 Å². The van der Waals surface area contributed by atoms with E-state index in [1.54, 1.807) is 0 Å². The van der Waals surface area contributed by atoms with Crippen LogP contribution >= 0.6 is 15.9 Å². The molecule has 0 radical (unpaired) electrons. The molecule has 0 amide bonds. The molecule has 0 spiro atoms. The average Bonchev–Trinajstić information content (AvgIpc) is 3.00. The van der Waals surface area contributed by atoms with Gasteiger partial charge in [-0.1, -0.05) is 55.7 Å². The lowest BCUT2D eigenvalue weighted by Gasteiger charge is -2.38. The molecule has 1 aliphatic heterocycles. The maximum atomic E-state index is 4.90. The number of nitrogens with zero attached hydrogens (tertiary/aromatic N) is 3.